The first-order chi connectivity index (χ1) is 47.0. The number of aromatic amines is 1. The zero-order valence-electron chi connectivity index (χ0n) is 56.4. The van der Waals surface area contributed by atoms with E-state index < -0.39 is 80.1 Å². The summed E-state index contributed by atoms with van der Waals surface area (Å²) in [5.74, 6) is -4.16. The second-order valence-electron chi connectivity index (χ2n) is 22.8. The number of rotatable bonds is 42. The summed E-state index contributed by atoms with van der Waals surface area (Å²) >= 11 is 0. The number of ether oxygens (including phenoxy) is 8. The molecule has 98 heavy (non-hydrogen) atoms. The monoisotopic (exact) mass is 1390 g/mol. The van der Waals surface area contributed by atoms with Crippen LogP contribution in [0, 0.1) is 17.2 Å². The minimum Gasteiger partial charge on any atom is -0.497 e. The number of carbonyl (C=O) groups is 5. The number of benzene rings is 4. The van der Waals surface area contributed by atoms with Gasteiger partial charge >= 0.3 is 18.1 Å². The van der Waals surface area contributed by atoms with E-state index in [0.717, 1.165) is 54.3 Å². The summed E-state index contributed by atoms with van der Waals surface area (Å²) in [5, 5.41) is 17.1. The Bertz CT molecular complexity index is 3530. The number of aromatic nitrogens is 4. The molecule has 4 aromatic carbocycles. The van der Waals surface area contributed by atoms with Crippen molar-refractivity contribution in [2.75, 3.05) is 104 Å². The summed E-state index contributed by atoms with van der Waals surface area (Å²) < 4.78 is 104. The minimum atomic E-state index is -5.36. The Balaban J connectivity index is 0.927. The van der Waals surface area contributed by atoms with Crippen molar-refractivity contribution >= 4 is 60.9 Å². The number of halogens is 3. The number of nitrogens with zero attached hydrogens (tertiary/aromatic N) is 6. The molecule has 0 aliphatic rings. The van der Waals surface area contributed by atoms with Gasteiger partial charge in [0.25, 0.3) is 20.0 Å². The van der Waals surface area contributed by atoms with Crippen molar-refractivity contribution < 1.29 is 84.1 Å². The second-order valence-corrected chi connectivity index (χ2v) is 24.2. The van der Waals surface area contributed by atoms with Gasteiger partial charge in [0.1, 0.15) is 29.2 Å². The van der Waals surface area contributed by atoms with Crippen molar-refractivity contribution in [1.82, 2.24) is 35.2 Å². The molecule has 2 unspecified atom stereocenters. The third-order valence-electron chi connectivity index (χ3n) is 14.7. The maximum Gasteiger partial charge on any atom is 0.471 e. The van der Waals surface area contributed by atoms with E-state index >= 15 is 0 Å². The van der Waals surface area contributed by atoms with Gasteiger partial charge in [-0.15, -0.1) is 0 Å². The van der Waals surface area contributed by atoms with Crippen molar-refractivity contribution in [3.05, 3.63) is 148 Å². The first-order valence-corrected chi connectivity index (χ1v) is 32.9. The quantitative estimate of drug-likeness (QED) is 0.0120. The first kappa shape index (κ1) is 78.4. The van der Waals surface area contributed by atoms with Gasteiger partial charge in [-0.25, -0.2) is 19.4 Å². The van der Waals surface area contributed by atoms with Crippen LogP contribution >= 0.6 is 8.53 Å². The van der Waals surface area contributed by atoms with Crippen LogP contribution in [-0.2, 0) is 68.8 Å². The summed E-state index contributed by atoms with van der Waals surface area (Å²) in [6.45, 7) is 13.2. The Morgan fingerprint density at radius 2 is 1.30 bits per heavy atom. The highest BCUT2D eigenvalue weighted by Crippen LogP contribution is 2.48. The Kier molecular flexibility index (Phi) is 31.8. The van der Waals surface area contributed by atoms with Crippen molar-refractivity contribution in [2.45, 2.75) is 110 Å². The van der Waals surface area contributed by atoms with Crippen LogP contribution in [-0.4, -0.2) is 179 Å². The first-order valence-electron chi connectivity index (χ1n) is 31.8. The largest absolute Gasteiger partial charge is 0.497 e. The van der Waals surface area contributed by atoms with E-state index in [9.17, 15) is 47.2 Å². The van der Waals surface area contributed by atoms with Crippen LogP contribution in [0.3, 0.4) is 0 Å². The number of anilines is 2. The number of H-pyrrole nitrogens is 1. The van der Waals surface area contributed by atoms with Gasteiger partial charge in [-0.1, -0.05) is 68.4 Å². The number of alkyl halides is 3. The predicted molar refractivity (Wildman–Crippen MR) is 357 cm³/mol. The molecule has 3 atom stereocenters. The lowest BCUT2D eigenvalue weighted by molar-refractivity contribution is -0.170. The molecule has 530 valence electrons. The smallest absolute Gasteiger partial charge is 0.471 e. The number of nitrogens with one attached hydrogen (secondary N) is 4. The lowest BCUT2D eigenvalue weighted by Crippen LogP contribution is -2.42. The van der Waals surface area contributed by atoms with Gasteiger partial charge in [0, 0.05) is 48.8 Å². The molecular formula is C68H86F3N10O16P. The summed E-state index contributed by atoms with van der Waals surface area (Å²) in [4.78, 5) is 91.3. The van der Waals surface area contributed by atoms with Gasteiger partial charge in [-0.3, -0.25) is 39.2 Å². The molecule has 2 aromatic heterocycles. The second kappa shape index (κ2) is 39.7. The average molecular weight is 1390 g/mol. The molecule has 6 aromatic rings. The molecule has 4 N–H and O–H groups in total. The average Bonchev–Trinajstić information content (AvgIpc) is 0.752. The molecule has 4 amide bonds. The molecule has 2 heterocycles. The van der Waals surface area contributed by atoms with Crippen LogP contribution in [0.1, 0.15) is 100.0 Å². The van der Waals surface area contributed by atoms with E-state index in [1.807, 2.05) is 78.9 Å². The summed E-state index contributed by atoms with van der Waals surface area (Å²) in [7, 11) is 2.63. The zero-order valence-corrected chi connectivity index (χ0v) is 57.3. The third-order valence-corrected chi connectivity index (χ3v) is 16.9. The van der Waals surface area contributed by atoms with E-state index in [-0.39, 0.29) is 131 Å². The van der Waals surface area contributed by atoms with Crippen LogP contribution in [0.25, 0.3) is 11.2 Å². The molecule has 0 aliphatic heterocycles. The van der Waals surface area contributed by atoms with E-state index in [4.69, 9.17) is 46.9 Å². The number of carbonyl (C=O) groups excluding carboxylic acids is 5. The van der Waals surface area contributed by atoms with Crippen LogP contribution in [0.15, 0.2) is 114 Å². The van der Waals surface area contributed by atoms with Gasteiger partial charge in [-0.05, 0) is 106 Å². The molecule has 6 rings (SSSR count). The van der Waals surface area contributed by atoms with Gasteiger partial charge in [0.05, 0.1) is 112 Å². The standard InChI is InChI=1S/C68H86F3N10O16P/c1-45(2)61(83)78-66-77-60-59(63(85)79-66)75-52(41-74-60)42-80(65(87)68(69,70)71)53-23-17-48(18-24-53)62(84)76-57(64(86)90-9)29-30-58(82)73-32-14-33-91-35-36-92-37-38-93-39-40-94-43-56(97-98(96-34-13-31-72)81(46(3)4)47(5)6)44-95-67(49-15-11-10-12-16-49,50-19-25-54(88-7)26-20-50)51-21-27-55(89-8)28-22-51/h10-12,15-28,41,45-47,56-57H,13-14,29-30,32-40,42-44H2,1-9H3,(H,73,82)(H,76,84)(H2,74,77,78,79,83,85)/t56?,57-,98?/m0/s1. The van der Waals surface area contributed by atoms with Crippen LogP contribution < -0.4 is 35.9 Å². The van der Waals surface area contributed by atoms with Crippen LogP contribution in [0.5, 0.6) is 11.5 Å². The van der Waals surface area contributed by atoms with Gasteiger partial charge in [-0.2, -0.15) is 23.4 Å². The summed E-state index contributed by atoms with van der Waals surface area (Å²) in [6, 6.07) is 30.8. The summed E-state index contributed by atoms with van der Waals surface area (Å²) in [6.07, 6.45) is -4.73. The minimum absolute atomic E-state index is 0.0402. The molecular weight excluding hydrogens is 1300 g/mol. The number of nitriles is 1. The van der Waals surface area contributed by atoms with E-state index in [1.165, 1.54) is 0 Å². The lowest BCUT2D eigenvalue weighted by atomic mass is 9.80. The number of amides is 4. The fraction of sp³-hybridized carbons (Fsp3) is 0.471. The highest BCUT2D eigenvalue weighted by molar-refractivity contribution is 7.44. The van der Waals surface area contributed by atoms with Gasteiger partial charge in [0.15, 0.2) is 11.2 Å². The number of hydrogen-bond acceptors (Lipinski definition) is 21. The fourth-order valence-corrected chi connectivity index (χ4v) is 11.5. The molecule has 0 fully saturated rings. The maximum atomic E-state index is 13.9. The third kappa shape index (κ3) is 23.6. The SMILES string of the molecule is COC(=O)[C@H](CCC(=O)NCCCOCCOCCOCCOCC(COC(c1ccccc1)(c1ccc(OC)cc1)c1ccc(OC)cc1)OP(OCCC#N)N(C(C)C)C(C)C)NC(=O)c1ccc(N(Cc2cnc3nc(NC(=O)C(C)C)[nH]c(=O)c3n2)C(=O)C(F)(F)F)cc1. The van der Waals surface area contributed by atoms with Crippen molar-refractivity contribution in [2.24, 2.45) is 5.92 Å². The lowest BCUT2D eigenvalue weighted by Gasteiger charge is -2.39. The molecule has 26 nitrogen and oxygen atoms in total. The van der Waals surface area contributed by atoms with Crippen LogP contribution in [0.4, 0.5) is 24.8 Å². The highest BCUT2D eigenvalue weighted by Gasteiger charge is 2.44. The Labute approximate surface area is 568 Å². The molecule has 0 radical (unpaired) electrons. The van der Waals surface area contributed by atoms with Gasteiger partial charge in [0.2, 0.25) is 17.8 Å². The molecule has 0 bridgehead atoms. The molecule has 30 heteroatoms. The molecule has 0 aliphatic carbocycles. The predicted octanol–water partition coefficient (Wildman–Crippen LogP) is 8.71. The molecule has 0 saturated heterocycles. The fourth-order valence-electron chi connectivity index (χ4n) is 9.83. The van der Waals surface area contributed by atoms with Gasteiger partial charge < -0.3 is 57.6 Å². The van der Waals surface area contributed by atoms with Crippen molar-refractivity contribution in [3.63, 3.8) is 0 Å². The Morgan fingerprint density at radius 1 is 0.714 bits per heavy atom. The number of hydrogen-bond donors (Lipinski definition) is 4. The Morgan fingerprint density at radius 3 is 1.85 bits per heavy atom. The van der Waals surface area contributed by atoms with Crippen LogP contribution in [0.2, 0.25) is 0 Å². The Hall–Kier alpha value is -8.56. The molecule has 0 spiro atoms. The number of esters is 1. The highest BCUT2D eigenvalue weighted by atomic mass is 31.2. The van der Waals surface area contributed by atoms with Crippen molar-refractivity contribution in [3.8, 4) is 17.6 Å². The van der Waals surface area contributed by atoms with E-state index in [2.05, 4.69) is 74.3 Å². The van der Waals surface area contributed by atoms with Crippen molar-refractivity contribution in [1.29, 1.82) is 5.26 Å². The normalized spacial score (nSPS) is 12.7. The number of methoxy groups -OCH3 is 3. The number of fused-ring (bicyclic) bond motifs is 1. The molecule has 0 saturated carbocycles. The van der Waals surface area contributed by atoms with E-state index in [1.54, 1.807) is 28.1 Å². The van der Waals surface area contributed by atoms with E-state index in [0.29, 0.717) is 29.4 Å². The zero-order chi connectivity index (χ0) is 71.2. The topological polar surface area (TPSA) is 316 Å². The maximum absolute atomic E-state index is 13.9. The summed E-state index contributed by atoms with van der Waals surface area (Å²) in [5.41, 5.74) is -0.688.